The third-order valence-corrected chi connectivity index (χ3v) is 5.41. The number of hydrogen-bond donors (Lipinski definition) is 2. The van der Waals surface area contributed by atoms with Crippen LogP contribution in [0, 0.1) is 16.0 Å². The fourth-order valence-electron chi connectivity index (χ4n) is 4.07. The van der Waals surface area contributed by atoms with Gasteiger partial charge in [-0.05, 0) is 44.7 Å². The van der Waals surface area contributed by atoms with E-state index in [0.29, 0.717) is 17.7 Å². The van der Waals surface area contributed by atoms with E-state index in [9.17, 15) is 19.7 Å². The van der Waals surface area contributed by atoms with Crippen molar-refractivity contribution in [3.63, 3.8) is 0 Å². The molecule has 1 heterocycles. The number of amides is 2. The molecular formula is C25H32N4O4. The van der Waals surface area contributed by atoms with Gasteiger partial charge in [0.2, 0.25) is 11.8 Å². The second-order valence-electron chi connectivity index (χ2n) is 9.95. The molecule has 0 aromatic heterocycles. The van der Waals surface area contributed by atoms with Crippen LogP contribution in [0.4, 0.5) is 11.4 Å². The van der Waals surface area contributed by atoms with Crippen molar-refractivity contribution in [2.45, 2.75) is 65.2 Å². The molecule has 0 spiro atoms. The quantitative estimate of drug-likeness (QED) is 0.499. The molecule has 176 valence electrons. The number of nitro groups is 1. The van der Waals surface area contributed by atoms with Crippen LogP contribution in [-0.4, -0.2) is 33.2 Å². The van der Waals surface area contributed by atoms with Gasteiger partial charge >= 0.3 is 0 Å². The predicted octanol–water partition coefficient (Wildman–Crippen LogP) is 4.42. The number of carbonyl (C=O) groups is 2. The van der Waals surface area contributed by atoms with Crippen molar-refractivity contribution in [3.05, 3.63) is 69.8 Å². The number of nitro benzene ring substituents is 1. The van der Waals surface area contributed by atoms with E-state index < -0.39 is 22.5 Å². The van der Waals surface area contributed by atoms with Crippen LogP contribution in [0.5, 0.6) is 0 Å². The molecule has 2 N–H and O–H groups in total. The van der Waals surface area contributed by atoms with Gasteiger partial charge in [0, 0.05) is 35.5 Å². The summed E-state index contributed by atoms with van der Waals surface area (Å²) in [6.45, 7) is 9.85. The molecule has 2 aromatic rings. The Morgan fingerprint density at radius 3 is 2.42 bits per heavy atom. The first-order valence-corrected chi connectivity index (χ1v) is 11.2. The van der Waals surface area contributed by atoms with Crippen LogP contribution in [0.15, 0.2) is 48.5 Å². The molecule has 3 rings (SSSR count). The highest BCUT2D eigenvalue weighted by atomic mass is 16.6. The molecule has 2 amide bonds. The molecule has 0 fully saturated rings. The molecule has 1 aliphatic heterocycles. The molecule has 8 heteroatoms. The number of anilines is 1. The van der Waals surface area contributed by atoms with E-state index in [1.54, 1.807) is 11.0 Å². The second kappa shape index (κ2) is 9.60. The number of hydrogen-bond acceptors (Lipinski definition) is 5. The molecule has 33 heavy (non-hydrogen) atoms. The number of nitrogens with zero attached hydrogens (tertiary/aromatic N) is 2. The first kappa shape index (κ1) is 24.2. The lowest BCUT2D eigenvalue weighted by molar-refractivity contribution is -0.384. The molecule has 1 unspecified atom stereocenters. The first-order chi connectivity index (χ1) is 15.5. The minimum absolute atomic E-state index is 0.126. The summed E-state index contributed by atoms with van der Waals surface area (Å²) < 4.78 is 0. The highest BCUT2D eigenvalue weighted by molar-refractivity contribution is 5.95. The van der Waals surface area contributed by atoms with E-state index in [1.807, 2.05) is 65.0 Å². The molecule has 8 nitrogen and oxygen atoms in total. The van der Waals surface area contributed by atoms with Crippen LogP contribution < -0.4 is 10.6 Å². The summed E-state index contributed by atoms with van der Waals surface area (Å²) in [5.41, 5.74) is 1.18. The van der Waals surface area contributed by atoms with Crippen LogP contribution >= 0.6 is 0 Å². The molecule has 0 saturated carbocycles. The fourth-order valence-corrected chi connectivity index (χ4v) is 4.07. The van der Waals surface area contributed by atoms with Gasteiger partial charge in [-0.15, -0.1) is 0 Å². The minimum atomic E-state index is -1.02. The lowest BCUT2D eigenvalue weighted by Gasteiger charge is -2.33. The number of non-ortho nitro benzene ring substituents is 1. The lowest BCUT2D eigenvalue weighted by atomic mass is 9.99. The Hall–Kier alpha value is -3.42. The summed E-state index contributed by atoms with van der Waals surface area (Å²) in [6, 6.07) is 12.3. The zero-order chi connectivity index (χ0) is 24.3. The first-order valence-electron chi connectivity index (χ1n) is 11.2. The van der Waals surface area contributed by atoms with Crippen molar-refractivity contribution in [2.75, 3.05) is 5.32 Å². The van der Waals surface area contributed by atoms with Crippen molar-refractivity contribution >= 4 is 23.2 Å². The van der Waals surface area contributed by atoms with Gasteiger partial charge in [-0.25, -0.2) is 0 Å². The van der Waals surface area contributed by atoms with Crippen LogP contribution in [0.2, 0.25) is 0 Å². The van der Waals surface area contributed by atoms with Crippen molar-refractivity contribution in [3.8, 4) is 0 Å². The summed E-state index contributed by atoms with van der Waals surface area (Å²) in [5.74, 6) is -0.354. The molecule has 0 radical (unpaired) electrons. The Kier molecular flexibility index (Phi) is 7.05. The average molecular weight is 453 g/mol. The van der Waals surface area contributed by atoms with Gasteiger partial charge in [0.25, 0.3) is 5.69 Å². The van der Waals surface area contributed by atoms with Gasteiger partial charge in [-0.3, -0.25) is 19.7 Å². The van der Waals surface area contributed by atoms with Gasteiger partial charge in [0.05, 0.1) is 4.92 Å². The van der Waals surface area contributed by atoms with Gasteiger partial charge in [-0.1, -0.05) is 44.2 Å². The summed E-state index contributed by atoms with van der Waals surface area (Å²) >= 11 is 0. The second-order valence-corrected chi connectivity index (χ2v) is 9.95. The molecule has 0 bridgehead atoms. The van der Waals surface area contributed by atoms with E-state index in [4.69, 9.17) is 0 Å². The molecule has 2 atom stereocenters. The number of carbonyl (C=O) groups excluding carboxylic acids is 2. The molecule has 0 aliphatic carbocycles. The molecule has 0 saturated heterocycles. The predicted molar refractivity (Wildman–Crippen MR) is 128 cm³/mol. The van der Waals surface area contributed by atoms with Crippen molar-refractivity contribution in [1.82, 2.24) is 10.2 Å². The topological polar surface area (TPSA) is 105 Å². The Bertz CT molecular complexity index is 1030. The third-order valence-electron chi connectivity index (χ3n) is 5.41. The van der Waals surface area contributed by atoms with Crippen LogP contribution in [0.25, 0.3) is 0 Å². The zero-order valence-electron chi connectivity index (χ0n) is 19.8. The van der Waals surface area contributed by atoms with Gasteiger partial charge < -0.3 is 15.5 Å². The van der Waals surface area contributed by atoms with Crippen molar-refractivity contribution in [2.24, 2.45) is 5.92 Å². The maximum atomic E-state index is 13.8. The van der Waals surface area contributed by atoms with Crippen LogP contribution in [-0.2, 0) is 16.1 Å². The summed E-state index contributed by atoms with van der Waals surface area (Å²) in [6.07, 6.45) is 0.564. The zero-order valence-corrected chi connectivity index (χ0v) is 19.8. The lowest BCUT2D eigenvalue weighted by Crippen LogP contribution is -2.50. The number of fused-ring (bicyclic) bond motifs is 1. The minimum Gasteiger partial charge on any atom is -0.373 e. The molecule has 1 aliphatic rings. The Morgan fingerprint density at radius 2 is 1.85 bits per heavy atom. The highest BCUT2D eigenvalue weighted by Crippen LogP contribution is 2.37. The van der Waals surface area contributed by atoms with Gasteiger partial charge in [0.15, 0.2) is 0 Å². The molecule has 2 aromatic carbocycles. The van der Waals surface area contributed by atoms with E-state index in [-0.39, 0.29) is 30.0 Å². The Balaban J connectivity index is 2.19. The van der Waals surface area contributed by atoms with Crippen molar-refractivity contribution < 1.29 is 14.5 Å². The van der Waals surface area contributed by atoms with E-state index >= 15 is 0 Å². The molecular weight excluding hydrogens is 420 g/mol. The summed E-state index contributed by atoms with van der Waals surface area (Å²) in [7, 11) is 0. The normalized spacial score (nSPS) is 18.4. The third kappa shape index (κ3) is 5.88. The number of rotatable bonds is 6. The van der Waals surface area contributed by atoms with E-state index in [2.05, 4.69) is 10.6 Å². The maximum absolute atomic E-state index is 13.8. The average Bonchev–Trinajstić information content (AvgIpc) is 2.82. The van der Waals surface area contributed by atoms with Gasteiger partial charge in [-0.2, -0.15) is 0 Å². The summed E-state index contributed by atoms with van der Waals surface area (Å²) in [4.78, 5) is 40.0. The standard InChI is InChI=1S/C25H32N4O4/c1-16(2)13-21-24(31)28(15-17-9-7-6-8-10-17)22(23(30)27-25(3,4)5)19-14-18(29(32)33)11-12-20(19)26-21/h6-12,14,16,21-22,26H,13,15H2,1-5H3,(H,27,30)/t21-,22?/m0/s1. The SMILES string of the molecule is CC(C)C[C@@H]1Nc2ccc([N+](=O)[O-])cc2C(C(=O)NC(C)(C)C)N(Cc2ccccc2)C1=O. The van der Waals surface area contributed by atoms with E-state index in [1.165, 1.54) is 12.1 Å². The van der Waals surface area contributed by atoms with Crippen molar-refractivity contribution in [1.29, 1.82) is 0 Å². The highest BCUT2D eigenvalue weighted by Gasteiger charge is 2.41. The Morgan fingerprint density at radius 1 is 1.18 bits per heavy atom. The smallest absolute Gasteiger partial charge is 0.269 e. The van der Waals surface area contributed by atoms with Crippen LogP contribution in [0.3, 0.4) is 0 Å². The summed E-state index contributed by atoms with van der Waals surface area (Å²) in [5, 5.41) is 17.8. The largest absolute Gasteiger partial charge is 0.373 e. The maximum Gasteiger partial charge on any atom is 0.269 e. The number of nitrogens with one attached hydrogen (secondary N) is 2. The van der Waals surface area contributed by atoms with Gasteiger partial charge in [0.1, 0.15) is 12.1 Å². The number of benzene rings is 2. The monoisotopic (exact) mass is 452 g/mol. The fraction of sp³-hybridized carbons (Fsp3) is 0.440. The Labute approximate surface area is 194 Å². The van der Waals surface area contributed by atoms with Crippen LogP contribution in [0.1, 0.15) is 58.2 Å². The van der Waals surface area contributed by atoms with E-state index in [0.717, 1.165) is 5.56 Å².